The van der Waals surface area contributed by atoms with Crippen molar-refractivity contribution in [2.45, 2.75) is 0 Å². The van der Waals surface area contributed by atoms with Crippen LogP contribution in [-0.2, 0) is 0 Å². The van der Waals surface area contributed by atoms with E-state index in [0.717, 1.165) is 10.9 Å². The zero-order valence-electron chi connectivity index (χ0n) is 7.44. The summed E-state index contributed by atoms with van der Waals surface area (Å²) in [4.78, 5) is 25.7. The second-order valence-corrected chi connectivity index (χ2v) is 2.38. The topological polar surface area (TPSA) is 128 Å². The zero-order chi connectivity index (χ0) is 10.7. The molecule has 0 fully saturated rings. The molecule has 0 bridgehead atoms. The Kier molecular flexibility index (Phi) is 2.67. The number of anilines is 1. The first-order chi connectivity index (χ1) is 6.61. The molecule has 0 atom stereocenters. The number of nitrogens with zero attached hydrogens (tertiary/aromatic N) is 2. The van der Waals surface area contributed by atoms with Crippen LogP contribution in [0.1, 0.15) is 10.5 Å². The third-order valence-corrected chi connectivity index (χ3v) is 1.57. The lowest BCUT2D eigenvalue weighted by Gasteiger charge is -2.05. The molecule has 0 radical (unpaired) electrons. The van der Waals surface area contributed by atoms with Gasteiger partial charge in [-0.3, -0.25) is 4.79 Å². The van der Waals surface area contributed by atoms with Crippen molar-refractivity contribution in [2.75, 3.05) is 12.5 Å². The lowest BCUT2D eigenvalue weighted by molar-refractivity contribution is 0.0997. The van der Waals surface area contributed by atoms with E-state index in [9.17, 15) is 9.59 Å². The van der Waals surface area contributed by atoms with E-state index in [1.807, 2.05) is 0 Å². The first-order valence-electron chi connectivity index (χ1n) is 3.67. The summed E-state index contributed by atoms with van der Waals surface area (Å²) in [5.41, 5.74) is 7.10. The molecule has 8 heteroatoms. The van der Waals surface area contributed by atoms with E-state index in [-0.39, 0.29) is 11.5 Å². The molecule has 0 aliphatic carbocycles. The number of aromatic nitrogens is 2. The summed E-state index contributed by atoms with van der Waals surface area (Å²) in [5.74, 6) is 4.42. The molecule has 1 aromatic heterocycles. The third-order valence-electron chi connectivity index (χ3n) is 1.57. The van der Waals surface area contributed by atoms with Gasteiger partial charge >= 0.3 is 6.03 Å². The summed E-state index contributed by atoms with van der Waals surface area (Å²) in [7, 11) is 1.44. The Balaban J connectivity index is 3.20. The van der Waals surface area contributed by atoms with Gasteiger partial charge in [0.1, 0.15) is 6.33 Å². The molecule has 0 aliphatic heterocycles. The van der Waals surface area contributed by atoms with E-state index in [2.05, 4.69) is 15.7 Å². The number of carbonyl (C=O) groups is 2. The molecule has 0 saturated heterocycles. The molecule has 0 aliphatic rings. The highest BCUT2D eigenvalue weighted by Gasteiger charge is 2.17. The number of amides is 2. The normalized spacial score (nSPS) is 9.57. The minimum Gasteiger partial charge on any atom is -0.364 e. The van der Waals surface area contributed by atoms with Gasteiger partial charge in [0.05, 0.1) is 0 Å². The fourth-order valence-corrected chi connectivity index (χ4v) is 0.941. The van der Waals surface area contributed by atoms with E-state index < -0.39 is 11.9 Å². The predicted molar refractivity (Wildman–Crippen MR) is 48.4 cm³/mol. The van der Waals surface area contributed by atoms with Gasteiger partial charge in [-0.15, -0.1) is 0 Å². The second-order valence-electron chi connectivity index (χ2n) is 2.38. The monoisotopic (exact) mass is 198 g/mol. The van der Waals surface area contributed by atoms with Crippen molar-refractivity contribution < 1.29 is 9.59 Å². The van der Waals surface area contributed by atoms with Gasteiger partial charge in [-0.1, -0.05) is 0 Å². The highest BCUT2D eigenvalue weighted by Crippen LogP contribution is 2.11. The second kappa shape index (κ2) is 3.75. The van der Waals surface area contributed by atoms with E-state index in [1.54, 1.807) is 0 Å². The van der Waals surface area contributed by atoms with Gasteiger partial charge in [0.2, 0.25) is 0 Å². The van der Waals surface area contributed by atoms with Gasteiger partial charge < -0.3 is 16.5 Å². The first-order valence-corrected chi connectivity index (χ1v) is 3.67. The van der Waals surface area contributed by atoms with Crippen LogP contribution in [0.2, 0.25) is 0 Å². The van der Waals surface area contributed by atoms with Gasteiger partial charge in [-0.25, -0.2) is 20.2 Å². The van der Waals surface area contributed by atoms with Crippen LogP contribution in [0, 0.1) is 0 Å². The molecule has 14 heavy (non-hydrogen) atoms. The SMILES string of the molecule is CNC(=O)n1cnc(C(N)=O)c1NN. The Morgan fingerprint density at radius 1 is 1.57 bits per heavy atom. The summed E-state index contributed by atoms with van der Waals surface area (Å²) in [6.07, 6.45) is 1.15. The van der Waals surface area contributed by atoms with Gasteiger partial charge in [0.15, 0.2) is 11.5 Å². The van der Waals surface area contributed by atoms with E-state index >= 15 is 0 Å². The average Bonchev–Trinajstić information content (AvgIpc) is 2.59. The Morgan fingerprint density at radius 2 is 2.21 bits per heavy atom. The fraction of sp³-hybridized carbons (Fsp3) is 0.167. The highest BCUT2D eigenvalue weighted by atomic mass is 16.2. The molecule has 0 spiro atoms. The number of nitrogens with two attached hydrogens (primary N) is 2. The standard InChI is InChI=1S/C6H10N6O2/c1-9-6(14)12-2-10-3(4(7)13)5(12)11-8/h2,11H,8H2,1H3,(H2,7,13)(H,9,14). The summed E-state index contributed by atoms with van der Waals surface area (Å²) in [6.45, 7) is 0. The number of hydrogen-bond donors (Lipinski definition) is 4. The van der Waals surface area contributed by atoms with E-state index in [1.165, 1.54) is 7.05 Å². The maximum Gasteiger partial charge on any atom is 0.328 e. The minimum absolute atomic E-state index is 0.0526. The largest absolute Gasteiger partial charge is 0.364 e. The smallest absolute Gasteiger partial charge is 0.328 e. The van der Waals surface area contributed by atoms with Crippen molar-refractivity contribution in [2.24, 2.45) is 11.6 Å². The number of imidazole rings is 1. The summed E-state index contributed by atoms with van der Waals surface area (Å²) in [5, 5.41) is 2.34. The highest BCUT2D eigenvalue weighted by molar-refractivity contribution is 5.97. The Bertz CT molecular complexity index is 370. The van der Waals surface area contributed by atoms with Crippen molar-refractivity contribution in [3.8, 4) is 0 Å². The maximum atomic E-state index is 11.2. The number of carbonyl (C=O) groups excluding carboxylic acids is 2. The van der Waals surface area contributed by atoms with Crippen LogP contribution < -0.4 is 22.3 Å². The average molecular weight is 198 g/mol. The molecule has 1 heterocycles. The lowest BCUT2D eigenvalue weighted by Crippen LogP contribution is -2.27. The number of hydrogen-bond acceptors (Lipinski definition) is 5. The summed E-state index contributed by atoms with van der Waals surface area (Å²) < 4.78 is 1.04. The van der Waals surface area contributed by atoms with Crippen LogP contribution >= 0.6 is 0 Å². The molecule has 1 rings (SSSR count). The number of primary amides is 1. The van der Waals surface area contributed by atoms with E-state index in [0.29, 0.717) is 0 Å². The Labute approximate surface area is 79.2 Å². The van der Waals surface area contributed by atoms with Crippen molar-refractivity contribution in [1.29, 1.82) is 0 Å². The molecule has 76 valence electrons. The third kappa shape index (κ3) is 1.50. The quantitative estimate of drug-likeness (QED) is 0.338. The van der Waals surface area contributed by atoms with E-state index in [4.69, 9.17) is 11.6 Å². The number of hydrazine groups is 1. The van der Waals surface area contributed by atoms with Crippen molar-refractivity contribution in [1.82, 2.24) is 14.9 Å². The van der Waals surface area contributed by atoms with Crippen LogP contribution in [-0.4, -0.2) is 28.5 Å². The molecule has 0 saturated carbocycles. The van der Waals surface area contributed by atoms with Crippen LogP contribution in [0.3, 0.4) is 0 Å². The molecule has 6 N–H and O–H groups in total. The summed E-state index contributed by atoms with van der Waals surface area (Å²) in [6, 6.07) is -0.474. The molecule has 0 unspecified atom stereocenters. The predicted octanol–water partition coefficient (Wildman–Crippen LogP) is -1.54. The molecular formula is C6H10N6O2. The fourth-order valence-electron chi connectivity index (χ4n) is 0.941. The lowest BCUT2D eigenvalue weighted by atomic mass is 10.4. The number of nitrogen functional groups attached to an aromatic ring is 1. The maximum absolute atomic E-state index is 11.2. The van der Waals surface area contributed by atoms with Crippen LogP contribution in [0.15, 0.2) is 6.33 Å². The summed E-state index contributed by atoms with van der Waals surface area (Å²) >= 11 is 0. The van der Waals surface area contributed by atoms with Gasteiger partial charge in [0, 0.05) is 7.05 Å². The van der Waals surface area contributed by atoms with Gasteiger partial charge in [0.25, 0.3) is 5.91 Å². The minimum atomic E-state index is -0.763. The molecule has 8 nitrogen and oxygen atoms in total. The number of nitrogens with one attached hydrogen (secondary N) is 2. The van der Waals surface area contributed by atoms with Crippen LogP contribution in [0.25, 0.3) is 0 Å². The molecule has 0 aromatic carbocycles. The van der Waals surface area contributed by atoms with Gasteiger partial charge in [-0.05, 0) is 0 Å². The van der Waals surface area contributed by atoms with Crippen molar-refractivity contribution >= 4 is 17.8 Å². The first kappa shape index (κ1) is 9.99. The number of rotatable bonds is 2. The van der Waals surface area contributed by atoms with Crippen LogP contribution in [0.5, 0.6) is 0 Å². The molecule has 2 amide bonds. The zero-order valence-corrected chi connectivity index (χ0v) is 7.44. The molecule has 1 aromatic rings. The Morgan fingerprint density at radius 3 is 2.64 bits per heavy atom. The van der Waals surface area contributed by atoms with Crippen molar-refractivity contribution in [3.63, 3.8) is 0 Å². The van der Waals surface area contributed by atoms with Crippen molar-refractivity contribution in [3.05, 3.63) is 12.0 Å². The van der Waals surface area contributed by atoms with Crippen LogP contribution in [0.4, 0.5) is 10.6 Å². The Hall–Kier alpha value is -2.09. The van der Waals surface area contributed by atoms with Gasteiger partial charge in [-0.2, -0.15) is 0 Å². The molecular weight excluding hydrogens is 188 g/mol.